The summed E-state index contributed by atoms with van der Waals surface area (Å²) in [4.78, 5) is 21.1. The van der Waals surface area contributed by atoms with Gasteiger partial charge in [0.15, 0.2) is 5.13 Å². The van der Waals surface area contributed by atoms with Crippen LogP contribution in [0.4, 0.5) is 5.13 Å². The normalized spacial score (nSPS) is 10.9. The largest absolute Gasteiger partial charge is 0.494 e. The van der Waals surface area contributed by atoms with Crippen LogP contribution in [-0.4, -0.2) is 23.3 Å². The molecule has 0 aliphatic rings. The molecule has 0 aliphatic heterocycles. The number of hydrogen-bond donors (Lipinski definition) is 0. The van der Waals surface area contributed by atoms with Crippen LogP contribution < -0.4 is 9.64 Å². The molecule has 0 radical (unpaired) electrons. The lowest BCUT2D eigenvalue weighted by Gasteiger charge is -2.20. The van der Waals surface area contributed by atoms with Gasteiger partial charge >= 0.3 is 0 Å². The van der Waals surface area contributed by atoms with Gasteiger partial charge in [-0.15, -0.1) is 11.8 Å². The molecule has 0 bridgehead atoms. The van der Waals surface area contributed by atoms with E-state index in [0.717, 1.165) is 32.4 Å². The van der Waals surface area contributed by atoms with E-state index in [1.54, 1.807) is 11.8 Å². The zero-order valence-electron chi connectivity index (χ0n) is 18.3. The summed E-state index contributed by atoms with van der Waals surface area (Å²) in [6.45, 7) is 5.17. The van der Waals surface area contributed by atoms with E-state index in [4.69, 9.17) is 9.72 Å². The third kappa shape index (κ3) is 5.69. The maximum Gasteiger partial charge on any atom is 0.229 e. The van der Waals surface area contributed by atoms with Gasteiger partial charge in [0.25, 0.3) is 0 Å². The molecule has 0 unspecified atom stereocenters. The van der Waals surface area contributed by atoms with Crippen LogP contribution in [0.5, 0.6) is 5.75 Å². The predicted molar refractivity (Wildman–Crippen MR) is 135 cm³/mol. The Labute approximate surface area is 197 Å². The first-order valence-corrected chi connectivity index (χ1v) is 12.5. The summed E-state index contributed by atoms with van der Waals surface area (Å²) >= 11 is 3.24. The second kappa shape index (κ2) is 10.7. The zero-order valence-corrected chi connectivity index (χ0v) is 19.9. The smallest absolute Gasteiger partial charge is 0.229 e. The number of thiazole rings is 1. The molecule has 1 amide bonds. The lowest BCUT2D eigenvalue weighted by molar-refractivity contribution is -0.118. The number of thioether (sulfide) groups is 1. The van der Waals surface area contributed by atoms with Crippen LogP contribution in [0.3, 0.4) is 0 Å². The van der Waals surface area contributed by atoms with Crippen molar-refractivity contribution in [1.82, 2.24) is 4.98 Å². The predicted octanol–water partition coefficient (Wildman–Crippen LogP) is 6.72. The number of benzene rings is 3. The van der Waals surface area contributed by atoms with Crippen molar-refractivity contribution in [1.29, 1.82) is 0 Å². The Hall–Kier alpha value is -2.83. The highest BCUT2D eigenvalue weighted by Crippen LogP contribution is 2.33. The maximum absolute atomic E-state index is 13.3. The minimum atomic E-state index is 0.0811. The summed E-state index contributed by atoms with van der Waals surface area (Å²) in [5.74, 6) is 1.63. The quantitative estimate of drug-likeness (QED) is 0.259. The maximum atomic E-state index is 13.3. The van der Waals surface area contributed by atoms with E-state index in [1.807, 2.05) is 60.4 Å². The van der Waals surface area contributed by atoms with Gasteiger partial charge < -0.3 is 4.74 Å². The SMILES string of the molecule is CCOc1ccc2nc(N(Cc3ccccc3)C(=O)CCSc3ccc(C)cc3)sc2c1. The van der Waals surface area contributed by atoms with E-state index in [1.165, 1.54) is 21.8 Å². The first-order chi connectivity index (χ1) is 15.6. The number of hydrogen-bond acceptors (Lipinski definition) is 5. The van der Waals surface area contributed by atoms with E-state index >= 15 is 0 Å². The molecule has 4 aromatic rings. The average molecular weight is 463 g/mol. The van der Waals surface area contributed by atoms with Crippen LogP contribution in [0.1, 0.15) is 24.5 Å². The molecule has 4 rings (SSSR count). The molecule has 0 N–H and O–H groups in total. The number of aromatic nitrogens is 1. The standard InChI is InChI=1S/C26H26N2O2S2/c1-3-30-21-11-14-23-24(17-21)32-26(27-23)28(18-20-7-5-4-6-8-20)25(29)15-16-31-22-12-9-19(2)10-13-22/h4-14,17H,3,15-16,18H2,1-2H3. The van der Waals surface area contributed by atoms with Crippen LogP contribution in [-0.2, 0) is 11.3 Å². The van der Waals surface area contributed by atoms with Gasteiger partial charge in [-0.05, 0) is 49.7 Å². The molecule has 0 saturated carbocycles. The number of carbonyl (C=O) groups is 1. The van der Waals surface area contributed by atoms with E-state index in [-0.39, 0.29) is 5.91 Å². The molecule has 32 heavy (non-hydrogen) atoms. The van der Waals surface area contributed by atoms with E-state index < -0.39 is 0 Å². The second-order valence-corrected chi connectivity index (χ2v) is 9.61. The number of ether oxygens (including phenoxy) is 1. The summed E-state index contributed by atoms with van der Waals surface area (Å²) in [6, 6.07) is 24.4. The summed E-state index contributed by atoms with van der Waals surface area (Å²) in [6.07, 6.45) is 0.450. The van der Waals surface area contributed by atoms with Gasteiger partial charge in [-0.3, -0.25) is 9.69 Å². The molecular weight excluding hydrogens is 436 g/mol. The fraction of sp³-hybridized carbons (Fsp3) is 0.231. The molecule has 164 valence electrons. The highest BCUT2D eigenvalue weighted by molar-refractivity contribution is 7.99. The lowest BCUT2D eigenvalue weighted by atomic mass is 10.2. The number of carbonyl (C=O) groups excluding carboxylic acids is 1. The van der Waals surface area contributed by atoms with Crippen molar-refractivity contribution in [2.75, 3.05) is 17.3 Å². The fourth-order valence-corrected chi connectivity index (χ4v) is 5.17. The van der Waals surface area contributed by atoms with Crippen LogP contribution in [0.25, 0.3) is 10.2 Å². The van der Waals surface area contributed by atoms with Crippen LogP contribution in [0, 0.1) is 6.92 Å². The molecule has 4 nitrogen and oxygen atoms in total. The summed E-state index contributed by atoms with van der Waals surface area (Å²) in [7, 11) is 0. The first kappa shape index (κ1) is 22.4. The molecule has 0 atom stereocenters. The van der Waals surface area contributed by atoms with Crippen LogP contribution >= 0.6 is 23.1 Å². The van der Waals surface area contributed by atoms with Gasteiger partial charge in [0, 0.05) is 17.1 Å². The van der Waals surface area contributed by atoms with Gasteiger partial charge in [0.2, 0.25) is 5.91 Å². The summed E-state index contributed by atoms with van der Waals surface area (Å²) in [5, 5.41) is 0.725. The van der Waals surface area contributed by atoms with Gasteiger partial charge in [-0.25, -0.2) is 4.98 Å². The third-order valence-corrected chi connectivity index (χ3v) is 7.04. The van der Waals surface area contributed by atoms with Crippen molar-refractivity contribution in [3.63, 3.8) is 0 Å². The van der Waals surface area contributed by atoms with E-state index in [0.29, 0.717) is 19.6 Å². The highest BCUT2D eigenvalue weighted by Gasteiger charge is 2.20. The summed E-state index contributed by atoms with van der Waals surface area (Å²) in [5.41, 5.74) is 3.21. The van der Waals surface area contributed by atoms with Crippen molar-refractivity contribution >= 4 is 44.4 Å². The number of nitrogens with zero attached hydrogens (tertiary/aromatic N) is 2. The van der Waals surface area contributed by atoms with Crippen LogP contribution in [0.15, 0.2) is 77.7 Å². The Balaban J connectivity index is 1.53. The van der Waals surface area contributed by atoms with Crippen molar-refractivity contribution in [2.45, 2.75) is 31.7 Å². The molecule has 0 aliphatic carbocycles. The van der Waals surface area contributed by atoms with Crippen LogP contribution in [0.2, 0.25) is 0 Å². The van der Waals surface area contributed by atoms with Crippen molar-refractivity contribution < 1.29 is 9.53 Å². The van der Waals surface area contributed by atoms with Crippen molar-refractivity contribution in [3.05, 3.63) is 83.9 Å². The second-order valence-electron chi connectivity index (χ2n) is 7.44. The Morgan fingerprint density at radius 2 is 1.84 bits per heavy atom. The van der Waals surface area contributed by atoms with Gasteiger partial charge in [-0.2, -0.15) is 0 Å². The number of anilines is 1. The lowest BCUT2D eigenvalue weighted by Crippen LogP contribution is -2.30. The zero-order chi connectivity index (χ0) is 22.3. The summed E-state index contributed by atoms with van der Waals surface area (Å²) < 4.78 is 6.64. The fourth-order valence-electron chi connectivity index (χ4n) is 3.32. The molecule has 3 aromatic carbocycles. The average Bonchev–Trinajstić information content (AvgIpc) is 3.22. The molecule has 6 heteroatoms. The topological polar surface area (TPSA) is 42.4 Å². The monoisotopic (exact) mass is 462 g/mol. The minimum absolute atomic E-state index is 0.0811. The molecule has 0 spiro atoms. The van der Waals surface area contributed by atoms with Crippen molar-refractivity contribution in [3.8, 4) is 5.75 Å². The Kier molecular flexibility index (Phi) is 7.45. The number of aryl methyl sites for hydroxylation is 1. The first-order valence-electron chi connectivity index (χ1n) is 10.7. The molecule has 1 aromatic heterocycles. The van der Waals surface area contributed by atoms with Gasteiger partial charge in [-0.1, -0.05) is 59.4 Å². The highest BCUT2D eigenvalue weighted by atomic mass is 32.2. The van der Waals surface area contributed by atoms with Gasteiger partial charge in [0.05, 0.1) is 23.4 Å². The Bertz CT molecular complexity index is 1170. The number of rotatable bonds is 9. The van der Waals surface area contributed by atoms with E-state index in [2.05, 4.69) is 31.2 Å². The molecule has 1 heterocycles. The Morgan fingerprint density at radius 3 is 2.59 bits per heavy atom. The molecule has 0 saturated heterocycles. The molecular formula is C26H26N2O2S2. The third-order valence-electron chi connectivity index (χ3n) is 4.98. The molecule has 0 fully saturated rings. The van der Waals surface area contributed by atoms with E-state index in [9.17, 15) is 4.79 Å². The number of amides is 1. The van der Waals surface area contributed by atoms with Gasteiger partial charge in [0.1, 0.15) is 5.75 Å². The van der Waals surface area contributed by atoms with Crippen molar-refractivity contribution in [2.24, 2.45) is 0 Å². The number of fused-ring (bicyclic) bond motifs is 1. The minimum Gasteiger partial charge on any atom is -0.494 e. The Morgan fingerprint density at radius 1 is 1.06 bits per heavy atom.